The summed E-state index contributed by atoms with van der Waals surface area (Å²) in [5.74, 6) is -1.38. The van der Waals surface area contributed by atoms with Crippen LogP contribution in [0.5, 0.6) is 0 Å². The Labute approximate surface area is 96.3 Å². The molecular weight excluding hydrogens is 238 g/mol. The Morgan fingerprint density at radius 1 is 1.35 bits per heavy atom. The van der Waals surface area contributed by atoms with Crippen molar-refractivity contribution in [2.75, 3.05) is 18.5 Å². The second-order valence-corrected chi connectivity index (χ2v) is 3.86. The van der Waals surface area contributed by atoms with Crippen LogP contribution < -0.4 is 5.32 Å². The van der Waals surface area contributed by atoms with Gasteiger partial charge in [-0.2, -0.15) is 13.2 Å². The van der Waals surface area contributed by atoms with Gasteiger partial charge in [-0.25, -0.2) is 4.39 Å². The van der Waals surface area contributed by atoms with Gasteiger partial charge < -0.3 is 10.4 Å². The number of alkyl halides is 3. The molecular formula is C11H13F4NO. The highest BCUT2D eigenvalue weighted by atomic mass is 19.4. The van der Waals surface area contributed by atoms with Crippen molar-refractivity contribution < 1.29 is 22.7 Å². The van der Waals surface area contributed by atoms with E-state index in [4.69, 9.17) is 5.11 Å². The highest BCUT2D eigenvalue weighted by molar-refractivity contribution is 5.47. The summed E-state index contributed by atoms with van der Waals surface area (Å²) in [4.78, 5) is 0. The summed E-state index contributed by atoms with van der Waals surface area (Å²) in [7, 11) is 0. The number of hydrogen-bond acceptors (Lipinski definition) is 2. The zero-order valence-electron chi connectivity index (χ0n) is 9.18. The van der Waals surface area contributed by atoms with Crippen LogP contribution in [0.1, 0.15) is 12.5 Å². The maximum atomic E-state index is 12.9. The fourth-order valence-corrected chi connectivity index (χ4v) is 1.21. The molecule has 17 heavy (non-hydrogen) atoms. The molecule has 2 N–H and O–H groups in total. The van der Waals surface area contributed by atoms with Crippen LogP contribution in [0.2, 0.25) is 0 Å². The van der Waals surface area contributed by atoms with Gasteiger partial charge in [0.1, 0.15) is 5.82 Å². The highest BCUT2D eigenvalue weighted by Crippen LogP contribution is 2.32. The molecule has 1 aromatic carbocycles. The quantitative estimate of drug-likeness (QED) is 0.806. The normalized spacial score (nSPS) is 13.5. The lowest BCUT2D eigenvalue weighted by atomic mass is 10.1. The molecule has 0 spiro atoms. The van der Waals surface area contributed by atoms with Crippen LogP contribution >= 0.6 is 0 Å². The zero-order chi connectivity index (χ0) is 13.1. The third-order valence-corrected chi connectivity index (χ3v) is 2.24. The maximum absolute atomic E-state index is 12.9. The SMILES string of the molecule is CC(CO)CNc1ccc(F)c(C(F)(F)F)c1. The number of anilines is 1. The molecule has 2 nitrogen and oxygen atoms in total. The van der Waals surface area contributed by atoms with Crippen LogP contribution in [0, 0.1) is 11.7 Å². The zero-order valence-corrected chi connectivity index (χ0v) is 9.18. The van der Waals surface area contributed by atoms with Gasteiger partial charge in [0.15, 0.2) is 0 Å². The monoisotopic (exact) mass is 251 g/mol. The van der Waals surface area contributed by atoms with E-state index in [2.05, 4.69) is 5.32 Å². The van der Waals surface area contributed by atoms with Crippen molar-refractivity contribution >= 4 is 5.69 Å². The Hall–Kier alpha value is -1.30. The molecule has 0 aliphatic rings. The fourth-order valence-electron chi connectivity index (χ4n) is 1.21. The third kappa shape index (κ3) is 3.89. The molecule has 0 aromatic heterocycles. The molecule has 0 bridgehead atoms. The van der Waals surface area contributed by atoms with Crippen LogP contribution in [0.4, 0.5) is 23.2 Å². The Balaban J connectivity index is 2.82. The molecule has 0 aliphatic heterocycles. The second kappa shape index (κ2) is 5.35. The van der Waals surface area contributed by atoms with Gasteiger partial charge in [-0.15, -0.1) is 0 Å². The van der Waals surface area contributed by atoms with Gasteiger partial charge in [0.2, 0.25) is 0 Å². The van der Waals surface area contributed by atoms with E-state index < -0.39 is 17.6 Å². The van der Waals surface area contributed by atoms with Crippen molar-refractivity contribution in [2.24, 2.45) is 5.92 Å². The Bertz CT molecular complexity index is 378. The van der Waals surface area contributed by atoms with Gasteiger partial charge >= 0.3 is 6.18 Å². The first-order valence-corrected chi connectivity index (χ1v) is 5.06. The van der Waals surface area contributed by atoms with Crippen LogP contribution in [0.3, 0.4) is 0 Å². The van der Waals surface area contributed by atoms with Gasteiger partial charge in [0.25, 0.3) is 0 Å². The smallest absolute Gasteiger partial charge is 0.396 e. The second-order valence-electron chi connectivity index (χ2n) is 3.86. The van der Waals surface area contributed by atoms with Gasteiger partial charge in [0, 0.05) is 18.8 Å². The molecule has 0 aliphatic carbocycles. The molecule has 1 atom stereocenters. The summed E-state index contributed by atoms with van der Waals surface area (Å²) in [6.45, 7) is 1.99. The number of benzene rings is 1. The first-order chi connectivity index (χ1) is 7.84. The predicted molar refractivity (Wildman–Crippen MR) is 56.1 cm³/mol. The number of hydrogen-bond donors (Lipinski definition) is 2. The number of nitrogens with one attached hydrogen (secondary N) is 1. The van der Waals surface area contributed by atoms with Crippen LogP contribution in [0.15, 0.2) is 18.2 Å². The van der Waals surface area contributed by atoms with Gasteiger partial charge in [-0.05, 0) is 24.1 Å². The molecule has 0 saturated carbocycles. The summed E-state index contributed by atoms with van der Waals surface area (Å²) in [5, 5.41) is 11.5. The van der Waals surface area contributed by atoms with Crippen LogP contribution in [0.25, 0.3) is 0 Å². The fraction of sp³-hybridized carbons (Fsp3) is 0.455. The number of aliphatic hydroxyl groups excluding tert-OH is 1. The minimum absolute atomic E-state index is 0.0691. The number of aliphatic hydroxyl groups is 1. The molecule has 1 unspecified atom stereocenters. The molecule has 0 radical (unpaired) electrons. The van der Waals surface area contributed by atoms with E-state index in [1.807, 2.05) is 0 Å². The van der Waals surface area contributed by atoms with Gasteiger partial charge in [0.05, 0.1) is 5.56 Å². The summed E-state index contributed by atoms with van der Waals surface area (Å²) in [5.41, 5.74) is -1.11. The standard InChI is InChI=1S/C11H13F4NO/c1-7(6-17)5-16-8-2-3-10(12)9(4-8)11(13,14)15/h2-4,7,16-17H,5-6H2,1H3. The minimum atomic E-state index is -4.70. The molecule has 0 amide bonds. The van der Waals surface area contributed by atoms with Gasteiger partial charge in [-0.1, -0.05) is 6.92 Å². The van der Waals surface area contributed by atoms with Gasteiger partial charge in [-0.3, -0.25) is 0 Å². The average Bonchev–Trinajstić information content (AvgIpc) is 2.26. The van der Waals surface area contributed by atoms with Crippen molar-refractivity contribution in [2.45, 2.75) is 13.1 Å². The summed E-state index contributed by atoms with van der Waals surface area (Å²) >= 11 is 0. The topological polar surface area (TPSA) is 32.3 Å². The molecule has 0 heterocycles. The summed E-state index contributed by atoms with van der Waals surface area (Å²) in [6.07, 6.45) is -4.70. The summed E-state index contributed by atoms with van der Waals surface area (Å²) in [6, 6.07) is 2.73. The molecule has 1 aromatic rings. The van der Waals surface area contributed by atoms with E-state index >= 15 is 0 Å². The Kier molecular flexibility index (Phi) is 4.34. The van der Waals surface area contributed by atoms with E-state index in [1.54, 1.807) is 6.92 Å². The molecule has 6 heteroatoms. The number of halogens is 4. The maximum Gasteiger partial charge on any atom is 0.419 e. The minimum Gasteiger partial charge on any atom is -0.396 e. The lowest BCUT2D eigenvalue weighted by Gasteiger charge is -2.13. The van der Waals surface area contributed by atoms with E-state index in [-0.39, 0.29) is 18.2 Å². The largest absolute Gasteiger partial charge is 0.419 e. The van der Waals surface area contributed by atoms with Crippen molar-refractivity contribution in [3.63, 3.8) is 0 Å². The summed E-state index contributed by atoms with van der Waals surface area (Å²) < 4.78 is 50.1. The predicted octanol–water partition coefficient (Wildman–Crippen LogP) is 2.88. The first-order valence-electron chi connectivity index (χ1n) is 5.06. The van der Waals surface area contributed by atoms with E-state index in [0.29, 0.717) is 6.54 Å². The Morgan fingerprint density at radius 3 is 2.53 bits per heavy atom. The number of rotatable bonds is 4. The first kappa shape index (κ1) is 13.8. The molecule has 1 rings (SSSR count). The van der Waals surface area contributed by atoms with Crippen LogP contribution in [-0.2, 0) is 6.18 Å². The van der Waals surface area contributed by atoms with Crippen molar-refractivity contribution in [1.82, 2.24) is 0 Å². The Morgan fingerprint density at radius 2 is 2.00 bits per heavy atom. The van der Waals surface area contributed by atoms with Crippen molar-refractivity contribution in [1.29, 1.82) is 0 Å². The highest BCUT2D eigenvalue weighted by Gasteiger charge is 2.34. The molecule has 0 fully saturated rings. The molecule has 0 saturated heterocycles. The third-order valence-electron chi connectivity index (χ3n) is 2.24. The van der Waals surface area contributed by atoms with E-state index in [1.165, 1.54) is 6.07 Å². The molecule has 96 valence electrons. The van der Waals surface area contributed by atoms with Crippen molar-refractivity contribution in [3.8, 4) is 0 Å². The van der Waals surface area contributed by atoms with E-state index in [9.17, 15) is 17.6 Å². The van der Waals surface area contributed by atoms with Crippen LogP contribution in [-0.4, -0.2) is 18.3 Å². The van der Waals surface area contributed by atoms with Crippen molar-refractivity contribution in [3.05, 3.63) is 29.6 Å². The lowest BCUT2D eigenvalue weighted by Crippen LogP contribution is -2.15. The average molecular weight is 251 g/mol. The lowest BCUT2D eigenvalue weighted by molar-refractivity contribution is -0.139. The van der Waals surface area contributed by atoms with E-state index in [0.717, 1.165) is 12.1 Å².